The Morgan fingerprint density at radius 2 is 2.29 bits per heavy atom. The van der Waals surface area contributed by atoms with Gasteiger partial charge in [0.15, 0.2) is 0 Å². The Kier molecular flexibility index (Phi) is 2.89. The molecule has 4 atom stereocenters. The van der Waals surface area contributed by atoms with E-state index in [1.807, 2.05) is 12.3 Å². The van der Waals surface area contributed by atoms with Crippen molar-refractivity contribution in [3.63, 3.8) is 0 Å². The molecule has 17 heavy (non-hydrogen) atoms. The molecule has 1 aromatic rings. The molecule has 3 rings (SSSR count). The van der Waals surface area contributed by atoms with Crippen LogP contribution in [0.25, 0.3) is 0 Å². The van der Waals surface area contributed by atoms with Crippen molar-refractivity contribution in [2.24, 2.45) is 0 Å². The third kappa shape index (κ3) is 1.98. The largest absolute Gasteiger partial charge is 0.390 e. The maximum Gasteiger partial charge on any atom is 0.0885 e. The highest BCUT2D eigenvalue weighted by Crippen LogP contribution is 2.37. The highest BCUT2D eigenvalue weighted by Gasteiger charge is 2.37. The van der Waals surface area contributed by atoms with Gasteiger partial charge in [0.25, 0.3) is 0 Å². The van der Waals surface area contributed by atoms with E-state index in [4.69, 9.17) is 4.74 Å². The Balaban J connectivity index is 1.78. The molecule has 0 radical (unpaired) electrons. The molecular formula is C14H19NO2. The van der Waals surface area contributed by atoms with Crippen LogP contribution in [0.1, 0.15) is 43.4 Å². The standard InChI is InChI=1S/C14H19NO2/c1-9-4-7-12(17-9)14(16)11-6-5-10-3-2-8-15-13(10)11/h2-3,8-9,11-12,14,16H,4-7H2,1H3. The van der Waals surface area contributed by atoms with E-state index in [2.05, 4.69) is 18.0 Å². The molecule has 0 saturated carbocycles. The molecule has 0 aromatic carbocycles. The molecule has 2 aliphatic rings. The van der Waals surface area contributed by atoms with Gasteiger partial charge in [-0.15, -0.1) is 0 Å². The molecule has 1 aliphatic carbocycles. The molecule has 1 N–H and O–H groups in total. The molecule has 0 spiro atoms. The average molecular weight is 233 g/mol. The molecule has 1 aliphatic heterocycles. The predicted octanol–water partition coefficient (Wildman–Crippen LogP) is 2.04. The number of aromatic nitrogens is 1. The highest BCUT2D eigenvalue weighted by molar-refractivity contribution is 5.29. The number of pyridine rings is 1. The number of rotatable bonds is 2. The lowest BCUT2D eigenvalue weighted by Gasteiger charge is -2.24. The summed E-state index contributed by atoms with van der Waals surface area (Å²) in [5, 5.41) is 10.4. The van der Waals surface area contributed by atoms with Crippen LogP contribution in [0.15, 0.2) is 18.3 Å². The molecule has 0 bridgehead atoms. The Morgan fingerprint density at radius 1 is 1.41 bits per heavy atom. The lowest BCUT2D eigenvalue weighted by molar-refractivity contribution is -0.0397. The summed E-state index contributed by atoms with van der Waals surface area (Å²) in [5.41, 5.74) is 2.38. The third-order valence-electron chi connectivity index (χ3n) is 4.06. The minimum Gasteiger partial charge on any atom is -0.390 e. The molecule has 1 aromatic heterocycles. The van der Waals surface area contributed by atoms with Gasteiger partial charge in [-0.25, -0.2) is 0 Å². The van der Waals surface area contributed by atoms with E-state index >= 15 is 0 Å². The first kappa shape index (κ1) is 11.2. The lowest BCUT2D eigenvalue weighted by Crippen LogP contribution is -2.31. The number of hydrogen-bond donors (Lipinski definition) is 1. The molecule has 1 saturated heterocycles. The summed E-state index contributed by atoms with van der Waals surface area (Å²) in [5.74, 6) is 0.168. The van der Waals surface area contributed by atoms with Crippen molar-refractivity contribution >= 4 is 0 Å². The van der Waals surface area contributed by atoms with Gasteiger partial charge in [-0.2, -0.15) is 0 Å². The lowest BCUT2D eigenvalue weighted by atomic mass is 9.94. The summed E-state index contributed by atoms with van der Waals surface area (Å²) in [4.78, 5) is 4.44. The fraction of sp³-hybridized carbons (Fsp3) is 0.643. The number of aryl methyl sites for hydroxylation is 1. The number of hydrogen-bond acceptors (Lipinski definition) is 3. The summed E-state index contributed by atoms with van der Waals surface area (Å²) < 4.78 is 5.77. The van der Waals surface area contributed by atoms with Gasteiger partial charge < -0.3 is 9.84 Å². The van der Waals surface area contributed by atoms with Crippen molar-refractivity contribution in [2.75, 3.05) is 0 Å². The van der Waals surface area contributed by atoms with Gasteiger partial charge in [0.1, 0.15) is 0 Å². The van der Waals surface area contributed by atoms with Gasteiger partial charge >= 0.3 is 0 Å². The van der Waals surface area contributed by atoms with Gasteiger partial charge in [-0.3, -0.25) is 4.98 Å². The minimum absolute atomic E-state index is 0.00274. The third-order valence-corrected chi connectivity index (χ3v) is 4.06. The van der Waals surface area contributed by atoms with E-state index in [0.717, 1.165) is 31.4 Å². The molecule has 3 heteroatoms. The fourth-order valence-corrected chi connectivity index (χ4v) is 3.12. The summed E-state index contributed by atoms with van der Waals surface area (Å²) >= 11 is 0. The summed E-state index contributed by atoms with van der Waals surface area (Å²) in [6, 6.07) is 4.09. The first-order valence-electron chi connectivity index (χ1n) is 6.53. The van der Waals surface area contributed by atoms with Crippen molar-refractivity contribution in [3.8, 4) is 0 Å². The molecule has 4 unspecified atom stereocenters. The average Bonchev–Trinajstić information content (AvgIpc) is 2.94. The highest BCUT2D eigenvalue weighted by atomic mass is 16.5. The minimum atomic E-state index is -0.393. The fourth-order valence-electron chi connectivity index (χ4n) is 3.12. The van der Waals surface area contributed by atoms with Gasteiger partial charge in [0.2, 0.25) is 0 Å². The van der Waals surface area contributed by atoms with Gasteiger partial charge in [-0.1, -0.05) is 6.07 Å². The maximum atomic E-state index is 10.4. The molecule has 1 fully saturated rings. The molecule has 3 nitrogen and oxygen atoms in total. The summed E-state index contributed by atoms with van der Waals surface area (Å²) in [6.45, 7) is 2.08. The van der Waals surface area contributed by atoms with E-state index in [0.29, 0.717) is 6.10 Å². The molecular weight excluding hydrogens is 214 g/mol. The maximum absolute atomic E-state index is 10.4. The second-order valence-corrected chi connectivity index (χ2v) is 5.25. The van der Waals surface area contributed by atoms with E-state index in [1.54, 1.807) is 0 Å². The van der Waals surface area contributed by atoms with Crippen LogP contribution >= 0.6 is 0 Å². The van der Waals surface area contributed by atoms with Crippen molar-refractivity contribution in [2.45, 2.75) is 56.8 Å². The molecule has 2 heterocycles. The van der Waals surface area contributed by atoms with Gasteiger partial charge in [-0.05, 0) is 44.2 Å². The Bertz CT molecular complexity index is 407. The van der Waals surface area contributed by atoms with Crippen LogP contribution in [-0.2, 0) is 11.2 Å². The second-order valence-electron chi connectivity index (χ2n) is 5.25. The Morgan fingerprint density at radius 3 is 3.06 bits per heavy atom. The SMILES string of the molecule is CC1CCC(C(O)C2CCc3cccnc32)O1. The molecule has 0 amide bonds. The number of ether oxygens (including phenoxy) is 1. The molecule has 92 valence electrons. The zero-order valence-electron chi connectivity index (χ0n) is 10.2. The van der Waals surface area contributed by atoms with Crippen LogP contribution in [0.2, 0.25) is 0 Å². The van der Waals surface area contributed by atoms with E-state index in [9.17, 15) is 5.11 Å². The van der Waals surface area contributed by atoms with E-state index in [-0.39, 0.29) is 12.0 Å². The van der Waals surface area contributed by atoms with Gasteiger partial charge in [0, 0.05) is 17.8 Å². The Hall–Kier alpha value is -0.930. The van der Waals surface area contributed by atoms with Crippen LogP contribution in [0, 0.1) is 0 Å². The number of aliphatic hydroxyl groups excluding tert-OH is 1. The second kappa shape index (κ2) is 4.39. The smallest absolute Gasteiger partial charge is 0.0885 e. The van der Waals surface area contributed by atoms with E-state index < -0.39 is 6.10 Å². The van der Waals surface area contributed by atoms with Gasteiger partial charge in [0.05, 0.1) is 18.3 Å². The summed E-state index contributed by atoms with van der Waals surface area (Å²) in [6.07, 6.45) is 5.79. The normalized spacial score (nSPS) is 33.6. The number of aliphatic hydroxyl groups is 1. The van der Waals surface area contributed by atoms with Crippen LogP contribution < -0.4 is 0 Å². The first-order valence-corrected chi connectivity index (χ1v) is 6.53. The van der Waals surface area contributed by atoms with Crippen LogP contribution in [0.4, 0.5) is 0 Å². The first-order chi connectivity index (χ1) is 8.25. The number of nitrogens with zero attached hydrogens (tertiary/aromatic N) is 1. The van der Waals surface area contributed by atoms with Crippen molar-refractivity contribution in [1.82, 2.24) is 4.98 Å². The Labute approximate surface area is 102 Å². The van der Waals surface area contributed by atoms with Crippen molar-refractivity contribution < 1.29 is 9.84 Å². The summed E-state index contributed by atoms with van der Waals surface area (Å²) in [7, 11) is 0. The number of fused-ring (bicyclic) bond motifs is 1. The zero-order chi connectivity index (χ0) is 11.8. The van der Waals surface area contributed by atoms with E-state index in [1.165, 1.54) is 5.56 Å². The predicted molar refractivity (Wildman–Crippen MR) is 64.9 cm³/mol. The monoisotopic (exact) mass is 233 g/mol. The van der Waals surface area contributed by atoms with Crippen LogP contribution in [0.5, 0.6) is 0 Å². The topological polar surface area (TPSA) is 42.4 Å². The van der Waals surface area contributed by atoms with Crippen molar-refractivity contribution in [1.29, 1.82) is 0 Å². The van der Waals surface area contributed by atoms with Crippen LogP contribution in [-0.4, -0.2) is 28.4 Å². The van der Waals surface area contributed by atoms with Crippen molar-refractivity contribution in [3.05, 3.63) is 29.6 Å². The zero-order valence-corrected chi connectivity index (χ0v) is 10.2. The quantitative estimate of drug-likeness (QED) is 0.850. The van der Waals surface area contributed by atoms with Crippen LogP contribution in [0.3, 0.4) is 0 Å².